The number of anilines is 1. The van der Waals surface area contributed by atoms with Gasteiger partial charge in [-0.05, 0) is 12.1 Å². The van der Waals surface area contributed by atoms with Gasteiger partial charge in [-0.25, -0.2) is 18.2 Å². The number of hydrogen-bond acceptors (Lipinski definition) is 3. The lowest BCUT2D eigenvalue weighted by molar-refractivity contribution is 0.102. The molecule has 0 spiro atoms. The second kappa shape index (κ2) is 5.36. The zero-order valence-electron chi connectivity index (χ0n) is 10.7. The quantitative estimate of drug-likeness (QED) is 0.878. The van der Waals surface area contributed by atoms with Crippen molar-refractivity contribution in [2.45, 2.75) is 19.8 Å². The molecule has 7 heteroatoms. The summed E-state index contributed by atoms with van der Waals surface area (Å²) in [6.45, 7) is 3.57. The Bertz CT molecular complexity index is 653. The summed E-state index contributed by atoms with van der Waals surface area (Å²) in [6, 6.07) is 1.65. The van der Waals surface area contributed by atoms with E-state index < -0.39 is 29.0 Å². The van der Waals surface area contributed by atoms with E-state index in [0.29, 0.717) is 5.76 Å². The third kappa shape index (κ3) is 2.52. The van der Waals surface area contributed by atoms with Crippen LogP contribution in [-0.4, -0.2) is 10.9 Å². The first-order chi connectivity index (χ1) is 9.41. The minimum atomic E-state index is -1.65. The number of benzene rings is 1. The Morgan fingerprint density at radius 2 is 1.95 bits per heavy atom. The molecule has 0 aliphatic rings. The third-order valence-corrected chi connectivity index (χ3v) is 2.62. The smallest absolute Gasteiger partial charge is 0.278 e. The minimum Gasteiger partial charge on any atom is -0.447 e. The molecule has 0 aliphatic carbocycles. The van der Waals surface area contributed by atoms with Crippen molar-refractivity contribution in [3.05, 3.63) is 47.4 Å². The van der Waals surface area contributed by atoms with E-state index in [-0.39, 0.29) is 11.6 Å². The molecule has 1 N–H and O–H groups in total. The van der Waals surface area contributed by atoms with Gasteiger partial charge in [0, 0.05) is 5.92 Å². The van der Waals surface area contributed by atoms with Gasteiger partial charge in [0.05, 0.1) is 5.69 Å². The number of aromatic nitrogens is 1. The van der Waals surface area contributed by atoms with E-state index in [1.165, 1.54) is 0 Å². The Balaban J connectivity index is 2.29. The van der Waals surface area contributed by atoms with Crippen LogP contribution >= 0.6 is 0 Å². The second-order valence-corrected chi connectivity index (χ2v) is 4.40. The number of halogens is 3. The molecule has 1 aromatic heterocycles. The Morgan fingerprint density at radius 3 is 2.60 bits per heavy atom. The molecular weight excluding hydrogens is 273 g/mol. The molecule has 4 nitrogen and oxygen atoms in total. The molecule has 0 aliphatic heterocycles. The zero-order chi connectivity index (χ0) is 14.9. The number of rotatable bonds is 3. The molecule has 0 radical (unpaired) electrons. The van der Waals surface area contributed by atoms with Crippen LogP contribution in [0.15, 0.2) is 22.9 Å². The maximum Gasteiger partial charge on any atom is 0.278 e. The molecule has 20 heavy (non-hydrogen) atoms. The van der Waals surface area contributed by atoms with E-state index in [9.17, 15) is 18.0 Å². The summed E-state index contributed by atoms with van der Waals surface area (Å²) in [5, 5.41) is 2.13. The van der Waals surface area contributed by atoms with Gasteiger partial charge in [0.1, 0.15) is 5.76 Å². The Hall–Kier alpha value is -2.31. The van der Waals surface area contributed by atoms with Gasteiger partial charge in [0.2, 0.25) is 0 Å². The van der Waals surface area contributed by atoms with E-state index in [1.54, 1.807) is 13.8 Å². The lowest BCUT2D eigenvalue weighted by atomic mass is 10.1. The van der Waals surface area contributed by atoms with Crippen LogP contribution in [0.1, 0.15) is 36.0 Å². The number of hydrogen-bond donors (Lipinski definition) is 1. The SMILES string of the molecule is CC(C)c1ocnc1C(=O)Nc1ccc(F)c(F)c1F. The maximum atomic E-state index is 13.5. The highest BCUT2D eigenvalue weighted by atomic mass is 19.2. The first kappa shape index (κ1) is 14.1. The van der Waals surface area contributed by atoms with Crippen LogP contribution in [0.4, 0.5) is 18.9 Å². The average Bonchev–Trinajstić information content (AvgIpc) is 2.89. The van der Waals surface area contributed by atoms with Crippen LogP contribution < -0.4 is 5.32 Å². The maximum absolute atomic E-state index is 13.5. The molecule has 106 valence electrons. The molecule has 0 atom stereocenters. The number of nitrogens with one attached hydrogen (secondary N) is 1. The normalized spacial score (nSPS) is 10.9. The fourth-order valence-corrected chi connectivity index (χ4v) is 1.64. The predicted octanol–water partition coefficient (Wildman–Crippen LogP) is 3.47. The van der Waals surface area contributed by atoms with Crippen molar-refractivity contribution in [2.24, 2.45) is 0 Å². The van der Waals surface area contributed by atoms with Crippen molar-refractivity contribution >= 4 is 11.6 Å². The van der Waals surface area contributed by atoms with Crippen LogP contribution in [0.3, 0.4) is 0 Å². The van der Waals surface area contributed by atoms with Gasteiger partial charge in [0.25, 0.3) is 5.91 Å². The van der Waals surface area contributed by atoms with Crippen LogP contribution in [0.25, 0.3) is 0 Å². The van der Waals surface area contributed by atoms with E-state index in [2.05, 4.69) is 10.3 Å². The summed E-state index contributed by atoms with van der Waals surface area (Å²) >= 11 is 0. The second-order valence-electron chi connectivity index (χ2n) is 4.40. The molecule has 1 amide bonds. The average molecular weight is 284 g/mol. The van der Waals surface area contributed by atoms with E-state index in [4.69, 9.17) is 4.42 Å². The minimum absolute atomic E-state index is 0.0240. The standard InChI is InChI=1S/C13H11F3N2O2/c1-6(2)12-11(17-5-20-12)13(19)18-8-4-3-7(14)9(15)10(8)16/h3-6H,1-2H3,(H,18,19). The molecule has 0 saturated heterocycles. The monoisotopic (exact) mass is 284 g/mol. The van der Waals surface area contributed by atoms with Crippen molar-refractivity contribution < 1.29 is 22.4 Å². The largest absolute Gasteiger partial charge is 0.447 e. The Labute approximate surface area is 112 Å². The molecule has 0 saturated carbocycles. The van der Waals surface area contributed by atoms with Crippen molar-refractivity contribution in [3.8, 4) is 0 Å². The summed E-state index contributed by atoms with van der Waals surface area (Å²) in [7, 11) is 0. The highest BCUT2D eigenvalue weighted by Crippen LogP contribution is 2.22. The number of carbonyl (C=O) groups excluding carboxylic acids is 1. The number of amides is 1. The highest BCUT2D eigenvalue weighted by molar-refractivity contribution is 6.03. The van der Waals surface area contributed by atoms with Gasteiger partial charge in [-0.3, -0.25) is 4.79 Å². The third-order valence-electron chi connectivity index (χ3n) is 2.62. The van der Waals surface area contributed by atoms with E-state index in [0.717, 1.165) is 18.5 Å². The van der Waals surface area contributed by atoms with Crippen LogP contribution in [0, 0.1) is 17.5 Å². The summed E-state index contributed by atoms with van der Waals surface area (Å²) in [5.41, 5.74) is -0.490. The van der Waals surface area contributed by atoms with E-state index in [1.807, 2.05) is 0 Å². The lowest BCUT2D eigenvalue weighted by Crippen LogP contribution is -2.16. The number of nitrogens with zero attached hydrogens (tertiary/aromatic N) is 1. The molecule has 0 unspecified atom stereocenters. The molecule has 2 rings (SSSR count). The topological polar surface area (TPSA) is 55.1 Å². The molecular formula is C13H11F3N2O2. The first-order valence-electron chi connectivity index (χ1n) is 5.80. The summed E-state index contributed by atoms with van der Waals surface area (Å²) < 4.78 is 44.3. The highest BCUT2D eigenvalue weighted by Gasteiger charge is 2.21. The molecule has 0 fully saturated rings. The molecule has 1 heterocycles. The first-order valence-corrected chi connectivity index (χ1v) is 5.80. The van der Waals surface area contributed by atoms with Gasteiger partial charge < -0.3 is 9.73 Å². The van der Waals surface area contributed by atoms with Gasteiger partial charge in [0.15, 0.2) is 29.5 Å². The van der Waals surface area contributed by atoms with Crippen molar-refractivity contribution in [3.63, 3.8) is 0 Å². The summed E-state index contributed by atoms with van der Waals surface area (Å²) in [4.78, 5) is 15.7. The summed E-state index contributed by atoms with van der Waals surface area (Å²) in [5.74, 6) is -4.98. The fourth-order valence-electron chi connectivity index (χ4n) is 1.64. The van der Waals surface area contributed by atoms with Gasteiger partial charge in [-0.15, -0.1) is 0 Å². The Morgan fingerprint density at radius 1 is 1.25 bits per heavy atom. The molecule has 1 aromatic carbocycles. The molecule has 2 aromatic rings. The van der Waals surface area contributed by atoms with Crippen molar-refractivity contribution in [1.29, 1.82) is 0 Å². The Kier molecular flexibility index (Phi) is 3.78. The predicted molar refractivity (Wildman–Crippen MR) is 64.9 cm³/mol. The summed E-state index contributed by atoms with van der Waals surface area (Å²) in [6.07, 6.45) is 1.09. The fraction of sp³-hybridized carbons (Fsp3) is 0.231. The van der Waals surface area contributed by atoms with Gasteiger partial charge >= 0.3 is 0 Å². The lowest BCUT2D eigenvalue weighted by Gasteiger charge is -2.07. The van der Waals surface area contributed by atoms with Crippen molar-refractivity contribution in [1.82, 2.24) is 4.98 Å². The number of oxazole rings is 1. The molecule has 0 bridgehead atoms. The van der Waals surface area contributed by atoms with E-state index >= 15 is 0 Å². The van der Waals surface area contributed by atoms with Crippen molar-refractivity contribution in [2.75, 3.05) is 5.32 Å². The van der Waals surface area contributed by atoms with Crippen LogP contribution in [0.2, 0.25) is 0 Å². The zero-order valence-corrected chi connectivity index (χ0v) is 10.7. The van der Waals surface area contributed by atoms with Crippen LogP contribution in [0.5, 0.6) is 0 Å². The van der Waals surface area contributed by atoms with Crippen LogP contribution in [-0.2, 0) is 0 Å². The van der Waals surface area contributed by atoms with Gasteiger partial charge in [-0.2, -0.15) is 0 Å². The number of carbonyl (C=O) groups is 1. The van der Waals surface area contributed by atoms with Gasteiger partial charge in [-0.1, -0.05) is 13.8 Å².